The van der Waals surface area contributed by atoms with Crippen molar-refractivity contribution in [2.24, 2.45) is 0 Å². The number of halogens is 7. The van der Waals surface area contributed by atoms with E-state index in [9.17, 15) is 26.3 Å². The number of hydrogen-bond acceptors (Lipinski definition) is 1. The summed E-state index contributed by atoms with van der Waals surface area (Å²) in [6.07, 6.45) is -10.7. The Bertz CT molecular complexity index is 435. The van der Waals surface area contributed by atoms with Gasteiger partial charge in [-0.2, -0.15) is 26.3 Å². The highest BCUT2D eigenvalue weighted by Gasteiger charge is 2.83. The maximum atomic E-state index is 12.6. The predicted octanol–water partition coefficient (Wildman–Crippen LogP) is 4.02. The van der Waals surface area contributed by atoms with Crippen LogP contribution in [0.3, 0.4) is 0 Å². The Labute approximate surface area is 103 Å². The molecule has 8 heteroatoms. The first-order valence-corrected chi connectivity index (χ1v) is 5.14. The smallest absolute Gasteiger partial charge is 0.345 e. The van der Waals surface area contributed by atoms with Gasteiger partial charge in [-0.1, -0.05) is 11.6 Å². The van der Waals surface area contributed by atoms with E-state index in [1.54, 1.807) is 0 Å². The van der Waals surface area contributed by atoms with E-state index in [1.807, 2.05) is 0 Å². The number of nitrogens with zero attached hydrogens (tertiary/aromatic N) is 1. The summed E-state index contributed by atoms with van der Waals surface area (Å²) in [5.74, 6) is 0. The van der Waals surface area contributed by atoms with E-state index in [-0.39, 0.29) is 15.6 Å². The molecule has 0 amide bonds. The summed E-state index contributed by atoms with van der Waals surface area (Å²) < 4.78 is 75.7. The lowest BCUT2D eigenvalue weighted by atomic mass is 10.1. The van der Waals surface area contributed by atoms with Crippen LogP contribution in [0.4, 0.5) is 32.0 Å². The zero-order valence-corrected chi connectivity index (χ0v) is 9.37. The van der Waals surface area contributed by atoms with Crippen LogP contribution in [0.15, 0.2) is 24.3 Å². The fourth-order valence-corrected chi connectivity index (χ4v) is 1.90. The van der Waals surface area contributed by atoms with Gasteiger partial charge in [0.05, 0.1) is 6.54 Å². The van der Waals surface area contributed by atoms with Crippen molar-refractivity contribution < 1.29 is 26.3 Å². The summed E-state index contributed by atoms with van der Waals surface area (Å²) in [7, 11) is 0. The van der Waals surface area contributed by atoms with Crippen LogP contribution in [-0.2, 0) is 0 Å². The first-order chi connectivity index (χ1) is 8.09. The Hall–Kier alpha value is -1.11. The maximum absolute atomic E-state index is 12.6. The standard InChI is InChI=1S/C10H6ClF6N/c11-6-1-3-7(4-2-6)18-5-8(18,9(12,13)14)10(15,16)17/h1-4H,5H2. The lowest BCUT2D eigenvalue weighted by Gasteiger charge is -2.24. The molecule has 1 aliphatic heterocycles. The van der Waals surface area contributed by atoms with E-state index < -0.39 is 24.4 Å². The van der Waals surface area contributed by atoms with Gasteiger partial charge in [-0.05, 0) is 24.3 Å². The summed E-state index contributed by atoms with van der Waals surface area (Å²) in [6.45, 7) is -1.12. The third kappa shape index (κ3) is 1.81. The van der Waals surface area contributed by atoms with E-state index in [2.05, 4.69) is 0 Å². The summed E-state index contributed by atoms with van der Waals surface area (Å²) in [6, 6.07) is 4.74. The van der Waals surface area contributed by atoms with Crippen molar-refractivity contribution >= 4 is 17.3 Å². The zero-order chi connectivity index (χ0) is 13.8. The minimum absolute atomic E-state index is 0.158. The molecule has 1 aromatic rings. The number of anilines is 1. The van der Waals surface area contributed by atoms with Gasteiger partial charge >= 0.3 is 12.4 Å². The molecule has 100 valence electrons. The topological polar surface area (TPSA) is 3.01 Å². The van der Waals surface area contributed by atoms with Gasteiger partial charge in [-0.3, -0.25) is 0 Å². The third-order valence-electron chi connectivity index (χ3n) is 2.82. The first kappa shape index (κ1) is 13.3. The number of alkyl halides is 6. The van der Waals surface area contributed by atoms with E-state index >= 15 is 0 Å². The second-order valence-electron chi connectivity index (χ2n) is 3.92. The quantitative estimate of drug-likeness (QED) is 0.557. The van der Waals surface area contributed by atoms with Gasteiger partial charge < -0.3 is 4.90 Å². The average Bonchev–Trinajstić information content (AvgIpc) is 2.93. The molecule has 0 spiro atoms. The molecule has 0 bridgehead atoms. The van der Waals surface area contributed by atoms with Crippen LogP contribution < -0.4 is 4.90 Å². The molecule has 0 radical (unpaired) electrons. The molecule has 0 unspecified atom stereocenters. The molecule has 0 N–H and O–H groups in total. The van der Waals surface area contributed by atoms with Crippen LogP contribution in [0.2, 0.25) is 5.02 Å². The van der Waals surface area contributed by atoms with E-state index in [0.717, 1.165) is 12.1 Å². The second kappa shape index (κ2) is 3.69. The maximum Gasteiger partial charge on any atom is 0.422 e. The molecule has 1 nitrogen and oxygen atoms in total. The van der Waals surface area contributed by atoms with Crippen molar-refractivity contribution in [2.75, 3.05) is 11.4 Å². The van der Waals surface area contributed by atoms with Gasteiger partial charge in [0, 0.05) is 10.7 Å². The van der Waals surface area contributed by atoms with Gasteiger partial charge in [0.1, 0.15) is 0 Å². The second-order valence-corrected chi connectivity index (χ2v) is 4.35. The largest absolute Gasteiger partial charge is 0.422 e. The number of rotatable bonds is 1. The fraction of sp³-hybridized carbons (Fsp3) is 0.400. The van der Waals surface area contributed by atoms with Crippen molar-refractivity contribution in [3.63, 3.8) is 0 Å². The Morgan fingerprint density at radius 2 is 1.39 bits per heavy atom. The molecular weight excluding hydrogens is 284 g/mol. The Kier molecular flexibility index (Phi) is 2.73. The van der Waals surface area contributed by atoms with Crippen LogP contribution in [0, 0.1) is 0 Å². The molecule has 1 aliphatic rings. The van der Waals surface area contributed by atoms with Gasteiger partial charge in [-0.25, -0.2) is 0 Å². The molecule has 18 heavy (non-hydrogen) atoms. The molecule has 1 heterocycles. The molecule has 0 atom stereocenters. The van der Waals surface area contributed by atoms with Gasteiger partial charge in [0.2, 0.25) is 5.54 Å². The van der Waals surface area contributed by atoms with Crippen molar-refractivity contribution in [1.29, 1.82) is 0 Å². The van der Waals surface area contributed by atoms with Gasteiger partial charge in [0.15, 0.2) is 0 Å². The van der Waals surface area contributed by atoms with Crippen LogP contribution >= 0.6 is 11.6 Å². The Morgan fingerprint density at radius 1 is 0.944 bits per heavy atom. The van der Waals surface area contributed by atoms with Crippen LogP contribution in [0.25, 0.3) is 0 Å². The average molecular weight is 290 g/mol. The highest BCUT2D eigenvalue weighted by Crippen LogP contribution is 2.57. The van der Waals surface area contributed by atoms with Crippen molar-refractivity contribution in [3.05, 3.63) is 29.3 Å². The summed E-state index contributed by atoms with van der Waals surface area (Å²) in [5.41, 5.74) is -3.93. The summed E-state index contributed by atoms with van der Waals surface area (Å²) >= 11 is 5.52. The lowest BCUT2D eigenvalue weighted by molar-refractivity contribution is -0.260. The summed E-state index contributed by atoms with van der Waals surface area (Å²) in [5, 5.41) is 0.241. The molecule has 2 rings (SSSR count). The third-order valence-corrected chi connectivity index (χ3v) is 3.07. The van der Waals surface area contributed by atoms with Crippen LogP contribution in [-0.4, -0.2) is 24.4 Å². The van der Waals surface area contributed by atoms with Gasteiger partial charge in [-0.15, -0.1) is 0 Å². The monoisotopic (exact) mass is 289 g/mol. The molecule has 0 aliphatic carbocycles. The van der Waals surface area contributed by atoms with Crippen molar-refractivity contribution in [3.8, 4) is 0 Å². The number of hydrogen-bond donors (Lipinski definition) is 0. The first-order valence-electron chi connectivity index (χ1n) is 4.76. The number of benzene rings is 1. The Morgan fingerprint density at radius 3 is 1.72 bits per heavy atom. The predicted molar refractivity (Wildman–Crippen MR) is 53.6 cm³/mol. The highest BCUT2D eigenvalue weighted by atomic mass is 35.5. The SMILES string of the molecule is FC(F)(F)C1(C(F)(F)F)CN1c1ccc(Cl)cc1. The van der Waals surface area contributed by atoms with Gasteiger partial charge in [0.25, 0.3) is 0 Å². The van der Waals surface area contributed by atoms with E-state index in [0.29, 0.717) is 0 Å². The van der Waals surface area contributed by atoms with E-state index in [1.165, 1.54) is 12.1 Å². The minimum atomic E-state index is -5.37. The van der Waals surface area contributed by atoms with Crippen LogP contribution in [0.5, 0.6) is 0 Å². The molecule has 1 aromatic carbocycles. The fourth-order valence-electron chi connectivity index (χ4n) is 1.77. The zero-order valence-electron chi connectivity index (χ0n) is 8.61. The molecule has 0 aromatic heterocycles. The molecule has 1 saturated heterocycles. The highest BCUT2D eigenvalue weighted by molar-refractivity contribution is 6.30. The summed E-state index contributed by atoms with van der Waals surface area (Å²) in [4.78, 5) is 0.267. The molecule has 1 fully saturated rings. The van der Waals surface area contributed by atoms with Crippen molar-refractivity contribution in [2.45, 2.75) is 17.9 Å². The van der Waals surface area contributed by atoms with Crippen molar-refractivity contribution in [1.82, 2.24) is 0 Å². The van der Waals surface area contributed by atoms with Crippen LogP contribution in [0.1, 0.15) is 0 Å². The molecule has 0 saturated carbocycles. The van der Waals surface area contributed by atoms with E-state index in [4.69, 9.17) is 11.6 Å². The normalized spacial score (nSPS) is 18.9. The lowest BCUT2D eigenvalue weighted by Crippen LogP contribution is -2.49. The Balaban J connectivity index is 2.37. The molecular formula is C10H6ClF6N. The minimum Gasteiger partial charge on any atom is -0.345 e.